The molecule has 2 aromatic carbocycles. The molecule has 35 heavy (non-hydrogen) atoms. The van der Waals surface area contributed by atoms with E-state index in [2.05, 4.69) is 10.4 Å². The topological polar surface area (TPSA) is 76.5 Å². The molecule has 4 rings (SSSR count). The number of nitrogens with one attached hydrogen (secondary N) is 1. The van der Waals surface area contributed by atoms with Crippen LogP contribution in [-0.2, 0) is 17.5 Å². The fourth-order valence-electron chi connectivity index (χ4n) is 3.94. The van der Waals surface area contributed by atoms with Gasteiger partial charge in [-0.25, -0.2) is 4.68 Å². The normalized spacial score (nSPS) is 14.5. The number of anilines is 1. The minimum absolute atomic E-state index is 0.0764. The Morgan fingerprint density at radius 2 is 1.71 bits per heavy atom. The zero-order chi connectivity index (χ0) is 24.8. The van der Waals surface area contributed by atoms with E-state index in [0.717, 1.165) is 11.6 Å². The molecule has 184 valence electrons. The van der Waals surface area contributed by atoms with Crippen molar-refractivity contribution in [1.82, 2.24) is 14.7 Å². The Hall–Kier alpha value is -3.82. The molecule has 1 aliphatic rings. The lowest BCUT2D eigenvalue weighted by Crippen LogP contribution is -2.44. The van der Waals surface area contributed by atoms with E-state index >= 15 is 0 Å². The van der Waals surface area contributed by atoms with Crippen LogP contribution in [0.25, 0.3) is 0 Å². The second-order valence-electron chi connectivity index (χ2n) is 8.24. The van der Waals surface area contributed by atoms with Crippen molar-refractivity contribution >= 4 is 11.6 Å². The van der Waals surface area contributed by atoms with Gasteiger partial charge < -0.3 is 15.0 Å². The van der Waals surface area contributed by atoms with Crippen LogP contribution in [0.3, 0.4) is 0 Å². The first-order chi connectivity index (χ1) is 16.8. The molecule has 0 unspecified atom stereocenters. The number of carbonyl (C=O) groups is 1. The number of alkyl halides is 3. The predicted molar refractivity (Wildman–Crippen MR) is 124 cm³/mol. The van der Waals surface area contributed by atoms with E-state index in [4.69, 9.17) is 4.74 Å². The summed E-state index contributed by atoms with van der Waals surface area (Å²) in [5, 5.41) is 6.99. The molecule has 1 fully saturated rings. The SMILES string of the molecule is O=C(CNc1ccnn(Cc2ccccc2)c1=O)N1CCC(Oc2ccccc2C(F)(F)F)CC1. The fourth-order valence-corrected chi connectivity index (χ4v) is 3.94. The molecule has 10 heteroatoms. The van der Waals surface area contributed by atoms with Gasteiger partial charge in [0.15, 0.2) is 0 Å². The van der Waals surface area contributed by atoms with Crippen LogP contribution in [0.15, 0.2) is 71.7 Å². The largest absolute Gasteiger partial charge is 0.490 e. The van der Waals surface area contributed by atoms with Gasteiger partial charge in [-0.05, 0) is 23.8 Å². The Balaban J connectivity index is 1.30. The van der Waals surface area contributed by atoms with Crippen molar-refractivity contribution in [3.63, 3.8) is 0 Å². The van der Waals surface area contributed by atoms with Gasteiger partial charge in [0, 0.05) is 32.1 Å². The monoisotopic (exact) mass is 486 g/mol. The highest BCUT2D eigenvalue weighted by atomic mass is 19.4. The minimum Gasteiger partial charge on any atom is -0.490 e. The van der Waals surface area contributed by atoms with Crippen molar-refractivity contribution in [3.8, 4) is 5.75 Å². The predicted octanol–water partition coefficient (Wildman–Crippen LogP) is 3.79. The molecule has 3 aromatic rings. The highest BCUT2D eigenvalue weighted by molar-refractivity contribution is 5.80. The van der Waals surface area contributed by atoms with Gasteiger partial charge in [-0.3, -0.25) is 9.59 Å². The molecule has 7 nitrogen and oxygen atoms in total. The molecule has 0 saturated carbocycles. The first-order valence-electron chi connectivity index (χ1n) is 11.3. The van der Waals surface area contributed by atoms with Crippen LogP contribution in [0.5, 0.6) is 5.75 Å². The first-order valence-corrected chi connectivity index (χ1v) is 11.3. The summed E-state index contributed by atoms with van der Waals surface area (Å²) in [5.74, 6) is -0.402. The Labute approximate surface area is 200 Å². The zero-order valence-electron chi connectivity index (χ0n) is 18.9. The number of amides is 1. The molecule has 0 radical (unpaired) electrons. The van der Waals surface area contributed by atoms with Gasteiger partial charge in [0.05, 0.1) is 18.7 Å². The second-order valence-corrected chi connectivity index (χ2v) is 8.24. The number of hydrogen-bond donors (Lipinski definition) is 1. The summed E-state index contributed by atoms with van der Waals surface area (Å²) < 4.78 is 46.5. The van der Waals surface area contributed by atoms with Crippen molar-refractivity contribution in [2.75, 3.05) is 25.0 Å². The Morgan fingerprint density at radius 1 is 1.03 bits per heavy atom. The van der Waals surface area contributed by atoms with Gasteiger partial charge in [-0.15, -0.1) is 0 Å². The van der Waals surface area contributed by atoms with Crippen molar-refractivity contribution in [2.45, 2.75) is 31.7 Å². The van der Waals surface area contributed by atoms with Crippen molar-refractivity contribution in [3.05, 3.63) is 88.3 Å². The lowest BCUT2D eigenvalue weighted by molar-refractivity contribution is -0.139. The molecule has 1 amide bonds. The number of nitrogens with zero attached hydrogens (tertiary/aromatic N) is 3. The molecule has 0 aliphatic carbocycles. The van der Waals surface area contributed by atoms with E-state index in [1.807, 2.05) is 30.3 Å². The molecular weight excluding hydrogens is 461 g/mol. The Kier molecular flexibility index (Phi) is 7.38. The van der Waals surface area contributed by atoms with E-state index in [1.54, 1.807) is 4.90 Å². The maximum absolute atomic E-state index is 13.2. The quantitative estimate of drug-likeness (QED) is 0.550. The number of benzene rings is 2. The Morgan fingerprint density at radius 3 is 2.43 bits per heavy atom. The number of ether oxygens (including phenoxy) is 1. The van der Waals surface area contributed by atoms with Crippen LogP contribution in [0.4, 0.5) is 18.9 Å². The molecule has 1 saturated heterocycles. The average Bonchev–Trinajstić information content (AvgIpc) is 2.85. The Bertz CT molecular complexity index is 1210. The average molecular weight is 486 g/mol. The van der Waals surface area contributed by atoms with Gasteiger partial charge in [0.1, 0.15) is 17.5 Å². The maximum atomic E-state index is 13.2. The van der Waals surface area contributed by atoms with E-state index in [-0.39, 0.29) is 29.4 Å². The van der Waals surface area contributed by atoms with Gasteiger partial charge in [-0.1, -0.05) is 42.5 Å². The summed E-state index contributed by atoms with van der Waals surface area (Å²) in [6.45, 7) is 0.947. The van der Waals surface area contributed by atoms with E-state index in [0.29, 0.717) is 32.5 Å². The van der Waals surface area contributed by atoms with Crippen molar-refractivity contribution < 1.29 is 22.7 Å². The van der Waals surface area contributed by atoms with E-state index < -0.39 is 17.8 Å². The van der Waals surface area contributed by atoms with Crippen LogP contribution in [0.2, 0.25) is 0 Å². The highest BCUT2D eigenvalue weighted by Crippen LogP contribution is 2.36. The van der Waals surface area contributed by atoms with Crippen LogP contribution in [0.1, 0.15) is 24.0 Å². The van der Waals surface area contributed by atoms with Gasteiger partial charge >= 0.3 is 6.18 Å². The van der Waals surface area contributed by atoms with Crippen LogP contribution in [0, 0.1) is 0 Å². The maximum Gasteiger partial charge on any atom is 0.419 e. The standard InChI is InChI=1S/C25H25F3N4O3/c26-25(27,28)20-8-4-5-9-22(20)35-19-11-14-31(15-12-19)23(33)16-29-21-10-13-30-32(24(21)34)17-18-6-2-1-3-7-18/h1-10,13,19,29H,11-12,14-17H2. The second kappa shape index (κ2) is 10.6. The van der Waals surface area contributed by atoms with Gasteiger partial charge in [-0.2, -0.15) is 18.3 Å². The van der Waals surface area contributed by atoms with Crippen molar-refractivity contribution in [2.24, 2.45) is 0 Å². The number of aromatic nitrogens is 2. The number of halogens is 3. The molecule has 0 spiro atoms. The third-order valence-corrected chi connectivity index (χ3v) is 5.80. The van der Waals surface area contributed by atoms with E-state index in [9.17, 15) is 22.8 Å². The molecule has 1 aromatic heterocycles. The summed E-state index contributed by atoms with van der Waals surface area (Å²) in [5.41, 5.74) is 0.0575. The van der Waals surface area contributed by atoms with Crippen LogP contribution < -0.4 is 15.6 Å². The highest BCUT2D eigenvalue weighted by Gasteiger charge is 2.35. The van der Waals surface area contributed by atoms with Crippen LogP contribution >= 0.6 is 0 Å². The van der Waals surface area contributed by atoms with Crippen molar-refractivity contribution in [1.29, 1.82) is 0 Å². The lowest BCUT2D eigenvalue weighted by Gasteiger charge is -2.32. The third kappa shape index (κ3) is 6.20. The number of para-hydroxylation sites is 1. The van der Waals surface area contributed by atoms with Gasteiger partial charge in [0.25, 0.3) is 5.56 Å². The summed E-state index contributed by atoms with van der Waals surface area (Å²) in [7, 11) is 0. The molecule has 1 aliphatic heterocycles. The minimum atomic E-state index is -4.49. The summed E-state index contributed by atoms with van der Waals surface area (Å²) in [4.78, 5) is 27.0. The smallest absolute Gasteiger partial charge is 0.419 e. The number of carbonyl (C=O) groups excluding carboxylic acids is 1. The van der Waals surface area contributed by atoms with Gasteiger partial charge in [0.2, 0.25) is 5.91 Å². The molecule has 0 atom stereocenters. The number of piperidine rings is 1. The number of hydrogen-bond acceptors (Lipinski definition) is 5. The zero-order valence-corrected chi connectivity index (χ0v) is 18.9. The first kappa shape index (κ1) is 24.3. The van der Waals surface area contributed by atoms with E-state index in [1.165, 1.54) is 35.1 Å². The number of likely N-dealkylation sites (tertiary alicyclic amines) is 1. The number of rotatable bonds is 7. The third-order valence-electron chi connectivity index (χ3n) is 5.80. The molecule has 2 heterocycles. The molecule has 1 N–H and O–H groups in total. The van der Waals surface area contributed by atoms with Crippen LogP contribution in [-0.4, -0.2) is 46.3 Å². The summed E-state index contributed by atoms with van der Waals surface area (Å²) >= 11 is 0. The fraction of sp³-hybridized carbons (Fsp3) is 0.320. The molecular formula is C25H25F3N4O3. The summed E-state index contributed by atoms with van der Waals surface area (Å²) in [6.07, 6.45) is -2.58. The lowest BCUT2D eigenvalue weighted by atomic mass is 10.1. The summed E-state index contributed by atoms with van der Waals surface area (Å²) in [6, 6.07) is 16.1. The molecule has 0 bridgehead atoms.